The van der Waals surface area contributed by atoms with Crippen molar-refractivity contribution in [2.24, 2.45) is 5.41 Å². The molecule has 4 nitrogen and oxygen atoms in total. The van der Waals surface area contributed by atoms with Crippen molar-refractivity contribution in [3.8, 4) is 11.5 Å². The summed E-state index contributed by atoms with van der Waals surface area (Å²) in [6, 6.07) is 4.21. The minimum atomic E-state index is -0.618. The number of carbonyl (C=O) groups is 2. The van der Waals surface area contributed by atoms with Crippen LogP contribution in [0.4, 0.5) is 0 Å². The van der Waals surface area contributed by atoms with E-state index in [1.54, 1.807) is 27.7 Å². The molecule has 0 saturated carbocycles. The molecule has 0 heterocycles. The molecule has 0 bridgehead atoms. The smallest absolute Gasteiger partial charge is 0.316 e. The van der Waals surface area contributed by atoms with E-state index in [1.807, 2.05) is 0 Å². The average molecular weight is 250 g/mol. The molecule has 0 saturated heterocycles. The van der Waals surface area contributed by atoms with Gasteiger partial charge in [-0.05, 0) is 39.0 Å². The molecule has 1 aromatic carbocycles. The van der Waals surface area contributed by atoms with Crippen LogP contribution in [0.15, 0.2) is 18.2 Å². The van der Waals surface area contributed by atoms with Crippen LogP contribution in [0, 0.1) is 5.41 Å². The zero-order chi connectivity index (χ0) is 13.9. The Morgan fingerprint density at radius 1 is 1.28 bits per heavy atom. The van der Waals surface area contributed by atoms with Gasteiger partial charge in [-0.25, -0.2) is 0 Å². The molecule has 4 heteroatoms. The Morgan fingerprint density at radius 2 is 1.89 bits per heavy atom. The minimum Gasteiger partial charge on any atom is -0.507 e. The van der Waals surface area contributed by atoms with Crippen molar-refractivity contribution in [1.82, 2.24) is 0 Å². The van der Waals surface area contributed by atoms with Gasteiger partial charge in [0.2, 0.25) is 0 Å². The number of benzene rings is 1. The molecule has 0 aliphatic heterocycles. The van der Waals surface area contributed by atoms with Gasteiger partial charge in [0.15, 0.2) is 5.78 Å². The predicted octanol–water partition coefficient (Wildman–Crippen LogP) is 2.94. The number of aromatic hydroxyl groups is 1. The molecule has 0 unspecified atom stereocenters. The van der Waals surface area contributed by atoms with E-state index < -0.39 is 5.41 Å². The van der Waals surface area contributed by atoms with Crippen molar-refractivity contribution < 1.29 is 19.4 Å². The monoisotopic (exact) mass is 250 g/mol. The molecule has 0 atom stereocenters. The molecule has 1 aromatic rings. The van der Waals surface area contributed by atoms with Crippen molar-refractivity contribution >= 4 is 11.8 Å². The molecule has 0 spiro atoms. The van der Waals surface area contributed by atoms with Crippen LogP contribution in [-0.4, -0.2) is 16.9 Å². The maximum Gasteiger partial charge on any atom is 0.316 e. The van der Waals surface area contributed by atoms with Gasteiger partial charge in [-0.3, -0.25) is 9.59 Å². The molecule has 0 aliphatic rings. The van der Waals surface area contributed by atoms with Gasteiger partial charge in [-0.2, -0.15) is 0 Å². The third kappa shape index (κ3) is 3.32. The second-order valence-corrected chi connectivity index (χ2v) is 5.10. The highest BCUT2D eigenvalue weighted by molar-refractivity contribution is 5.98. The lowest BCUT2D eigenvalue weighted by Crippen LogP contribution is -2.25. The molecule has 0 fully saturated rings. The first-order chi connectivity index (χ1) is 8.25. The van der Waals surface area contributed by atoms with Gasteiger partial charge in [0, 0.05) is 6.42 Å². The first-order valence-electron chi connectivity index (χ1n) is 5.84. The zero-order valence-electron chi connectivity index (χ0n) is 11.1. The zero-order valence-corrected chi connectivity index (χ0v) is 11.1. The van der Waals surface area contributed by atoms with Gasteiger partial charge in [0.25, 0.3) is 0 Å². The first kappa shape index (κ1) is 14.2. The van der Waals surface area contributed by atoms with Crippen LogP contribution in [0.2, 0.25) is 0 Å². The minimum absolute atomic E-state index is 0.0996. The predicted molar refractivity (Wildman–Crippen MR) is 67.8 cm³/mol. The van der Waals surface area contributed by atoms with E-state index in [1.165, 1.54) is 18.2 Å². The number of phenolic OH excluding ortho intramolecular Hbond substituents is 1. The number of ketones is 1. The molecule has 98 valence electrons. The number of phenols is 1. The van der Waals surface area contributed by atoms with Crippen LogP contribution in [0.5, 0.6) is 11.5 Å². The number of hydrogen-bond acceptors (Lipinski definition) is 4. The average Bonchev–Trinajstić information content (AvgIpc) is 2.29. The van der Waals surface area contributed by atoms with Crippen LogP contribution in [0.3, 0.4) is 0 Å². The lowest BCUT2D eigenvalue weighted by atomic mass is 9.97. The van der Waals surface area contributed by atoms with Crippen LogP contribution < -0.4 is 4.74 Å². The maximum atomic E-state index is 11.7. The summed E-state index contributed by atoms with van der Waals surface area (Å²) in [6.07, 6.45) is 0.282. The van der Waals surface area contributed by atoms with Crippen LogP contribution in [0.1, 0.15) is 44.5 Å². The molecular weight excluding hydrogens is 232 g/mol. The van der Waals surface area contributed by atoms with Gasteiger partial charge < -0.3 is 9.84 Å². The van der Waals surface area contributed by atoms with Gasteiger partial charge in [0.1, 0.15) is 11.5 Å². The van der Waals surface area contributed by atoms with Gasteiger partial charge >= 0.3 is 5.97 Å². The van der Waals surface area contributed by atoms with E-state index in [9.17, 15) is 14.7 Å². The quantitative estimate of drug-likeness (QED) is 0.509. The number of ether oxygens (including phenoxy) is 1. The summed E-state index contributed by atoms with van der Waals surface area (Å²) >= 11 is 0. The number of esters is 1. The number of hydrogen-bond donors (Lipinski definition) is 1. The summed E-state index contributed by atoms with van der Waals surface area (Å²) in [4.78, 5) is 23.3. The highest BCUT2D eigenvalue weighted by atomic mass is 16.5. The Bertz CT molecular complexity index is 469. The van der Waals surface area contributed by atoms with E-state index in [0.717, 1.165) is 0 Å². The highest BCUT2D eigenvalue weighted by Gasteiger charge is 2.24. The van der Waals surface area contributed by atoms with Crippen LogP contribution in [0.25, 0.3) is 0 Å². The lowest BCUT2D eigenvalue weighted by Gasteiger charge is -2.16. The third-order valence-electron chi connectivity index (χ3n) is 2.41. The Balaban J connectivity index is 2.99. The van der Waals surface area contributed by atoms with Crippen molar-refractivity contribution in [2.45, 2.75) is 34.1 Å². The topological polar surface area (TPSA) is 63.6 Å². The summed E-state index contributed by atoms with van der Waals surface area (Å²) in [6.45, 7) is 6.94. The van der Waals surface area contributed by atoms with Crippen molar-refractivity contribution in [3.63, 3.8) is 0 Å². The maximum absolute atomic E-state index is 11.7. The van der Waals surface area contributed by atoms with Crippen molar-refractivity contribution in [3.05, 3.63) is 23.8 Å². The first-order valence-corrected chi connectivity index (χ1v) is 5.84. The fourth-order valence-electron chi connectivity index (χ4n) is 1.25. The van der Waals surface area contributed by atoms with Gasteiger partial charge in [0.05, 0.1) is 11.0 Å². The summed E-state index contributed by atoms with van der Waals surface area (Å²) in [5, 5.41) is 9.57. The SMILES string of the molecule is CCC(=O)c1cc(OC(=O)C(C)(C)C)ccc1O. The van der Waals surface area contributed by atoms with E-state index in [2.05, 4.69) is 0 Å². The van der Waals surface area contributed by atoms with E-state index in [0.29, 0.717) is 0 Å². The Hall–Kier alpha value is -1.84. The summed E-state index contributed by atoms with van der Waals surface area (Å²) in [5.41, 5.74) is -0.441. The van der Waals surface area contributed by atoms with Gasteiger partial charge in [-0.1, -0.05) is 6.92 Å². The normalized spacial score (nSPS) is 11.1. The standard InChI is InChI=1S/C14H18O4/c1-5-11(15)10-8-9(6-7-12(10)16)18-13(17)14(2,3)4/h6-8,16H,5H2,1-4H3. The Morgan fingerprint density at radius 3 is 2.39 bits per heavy atom. The molecule has 0 aromatic heterocycles. The molecule has 1 rings (SSSR count). The van der Waals surface area contributed by atoms with Crippen LogP contribution in [-0.2, 0) is 4.79 Å². The lowest BCUT2D eigenvalue weighted by molar-refractivity contribution is -0.143. The summed E-state index contributed by atoms with van der Waals surface area (Å²) in [5.74, 6) is -0.411. The summed E-state index contributed by atoms with van der Waals surface area (Å²) < 4.78 is 5.17. The molecule has 0 aliphatic carbocycles. The number of carbonyl (C=O) groups excluding carboxylic acids is 2. The molecular formula is C14H18O4. The van der Waals surface area contributed by atoms with Crippen molar-refractivity contribution in [1.29, 1.82) is 0 Å². The second kappa shape index (κ2) is 5.21. The molecule has 18 heavy (non-hydrogen) atoms. The Kier molecular flexibility index (Phi) is 4.11. The van der Waals surface area contributed by atoms with Gasteiger partial charge in [-0.15, -0.1) is 0 Å². The molecule has 0 radical (unpaired) electrons. The molecule has 0 amide bonds. The number of rotatable bonds is 3. The fraction of sp³-hybridized carbons (Fsp3) is 0.429. The largest absolute Gasteiger partial charge is 0.507 e. The van der Waals surface area contributed by atoms with Crippen LogP contribution >= 0.6 is 0 Å². The number of Topliss-reactive ketones (excluding diaryl/α,β-unsaturated/α-hetero) is 1. The van der Waals surface area contributed by atoms with E-state index in [4.69, 9.17) is 4.74 Å². The second-order valence-electron chi connectivity index (χ2n) is 5.10. The highest BCUT2D eigenvalue weighted by Crippen LogP contribution is 2.26. The van der Waals surface area contributed by atoms with E-state index >= 15 is 0 Å². The molecule has 1 N–H and O–H groups in total. The van der Waals surface area contributed by atoms with E-state index in [-0.39, 0.29) is 35.2 Å². The summed E-state index contributed by atoms with van der Waals surface area (Å²) in [7, 11) is 0. The van der Waals surface area contributed by atoms with Crippen molar-refractivity contribution in [2.75, 3.05) is 0 Å². The third-order valence-corrected chi connectivity index (χ3v) is 2.41. The fourth-order valence-corrected chi connectivity index (χ4v) is 1.25. The Labute approximate surface area is 107 Å².